The van der Waals surface area contributed by atoms with Crippen molar-refractivity contribution in [3.8, 4) is 0 Å². The summed E-state index contributed by atoms with van der Waals surface area (Å²) in [7, 11) is 0. The van der Waals surface area contributed by atoms with E-state index in [0.29, 0.717) is 6.10 Å². The maximum atomic E-state index is 8.04. The maximum Gasteiger partial charge on any atom is 0.0583 e. The molecule has 0 bridgehead atoms. The quantitative estimate of drug-likeness (QED) is 0.336. The summed E-state index contributed by atoms with van der Waals surface area (Å²) in [5, 5.41) is 3.56. The first kappa shape index (κ1) is 7.38. The Morgan fingerprint density at radius 3 is 2.90 bits per heavy atom. The molecule has 1 aliphatic rings. The molecule has 0 spiro atoms. The minimum atomic E-state index is 0.196. The minimum Gasteiger partial charge on any atom is -0.378 e. The van der Waals surface area contributed by atoms with Gasteiger partial charge in [-0.3, -0.25) is 0 Å². The van der Waals surface area contributed by atoms with Gasteiger partial charge in [-0.15, -0.1) is 0 Å². The summed E-state index contributed by atoms with van der Waals surface area (Å²) >= 11 is 0. The highest BCUT2D eigenvalue weighted by molar-refractivity contribution is 4.85. The van der Waals surface area contributed by atoms with Crippen LogP contribution in [0.25, 0.3) is 10.4 Å². The largest absolute Gasteiger partial charge is 0.378 e. The van der Waals surface area contributed by atoms with Crippen LogP contribution in [-0.2, 0) is 4.74 Å². The fourth-order valence-corrected chi connectivity index (χ4v) is 1.08. The van der Waals surface area contributed by atoms with E-state index in [4.69, 9.17) is 10.3 Å². The summed E-state index contributed by atoms with van der Waals surface area (Å²) in [6.45, 7) is 2.73. The summed E-state index contributed by atoms with van der Waals surface area (Å²) in [6, 6.07) is 0.196. The van der Waals surface area contributed by atoms with Crippen molar-refractivity contribution < 1.29 is 4.74 Å². The van der Waals surface area contributed by atoms with Gasteiger partial charge in [-0.25, -0.2) is 0 Å². The molecule has 1 saturated carbocycles. The van der Waals surface area contributed by atoms with Gasteiger partial charge in [0, 0.05) is 17.6 Å². The lowest BCUT2D eigenvalue weighted by Gasteiger charge is -2.31. The summed E-state index contributed by atoms with van der Waals surface area (Å²) in [6.07, 6.45) is 2.15. The number of hydrogen-bond donors (Lipinski definition) is 0. The predicted octanol–water partition coefficient (Wildman–Crippen LogP) is 1.86. The number of ether oxygens (including phenoxy) is 1. The third-order valence-electron chi connectivity index (χ3n) is 1.69. The van der Waals surface area contributed by atoms with Crippen LogP contribution >= 0.6 is 0 Å². The van der Waals surface area contributed by atoms with Crippen molar-refractivity contribution >= 4 is 0 Å². The molecule has 56 valence electrons. The van der Waals surface area contributed by atoms with Crippen molar-refractivity contribution in [1.29, 1.82) is 0 Å². The van der Waals surface area contributed by atoms with Crippen LogP contribution in [-0.4, -0.2) is 18.8 Å². The minimum absolute atomic E-state index is 0.196. The Kier molecular flexibility index (Phi) is 2.54. The molecule has 0 radical (unpaired) electrons. The average molecular weight is 141 g/mol. The second-order valence-corrected chi connectivity index (χ2v) is 2.41. The standard InChI is InChI=1S/C6H11N3O/c1-2-10-6-3-5(4-6)8-9-7/h5-6H,2-4H2,1H3. The van der Waals surface area contributed by atoms with Crippen LogP contribution in [0.5, 0.6) is 0 Å². The Balaban J connectivity index is 2.11. The predicted molar refractivity (Wildman–Crippen MR) is 37.6 cm³/mol. The summed E-state index contributed by atoms with van der Waals surface area (Å²) in [5.41, 5.74) is 8.04. The van der Waals surface area contributed by atoms with Crippen LogP contribution in [0.3, 0.4) is 0 Å². The van der Waals surface area contributed by atoms with Gasteiger partial charge in [0.1, 0.15) is 0 Å². The summed E-state index contributed by atoms with van der Waals surface area (Å²) in [4.78, 5) is 2.72. The van der Waals surface area contributed by atoms with E-state index in [0.717, 1.165) is 19.4 Å². The molecule has 0 aromatic carbocycles. The Morgan fingerprint density at radius 1 is 1.70 bits per heavy atom. The van der Waals surface area contributed by atoms with Crippen LogP contribution in [0.1, 0.15) is 19.8 Å². The highest BCUT2D eigenvalue weighted by Gasteiger charge is 2.28. The van der Waals surface area contributed by atoms with Crippen molar-refractivity contribution in [3.05, 3.63) is 10.4 Å². The molecule has 4 heteroatoms. The molecule has 0 amide bonds. The van der Waals surface area contributed by atoms with Crippen LogP contribution in [0.4, 0.5) is 0 Å². The molecule has 10 heavy (non-hydrogen) atoms. The average Bonchev–Trinajstić information content (AvgIpc) is 1.84. The Bertz CT molecular complexity index is 147. The molecule has 1 rings (SSSR count). The number of hydrogen-bond acceptors (Lipinski definition) is 2. The van der Waals surface area contributed by atoms with Crippen LogP contribution < -0.4 is 0 Å². The molecule has 0 aromatic rings. The van der Waals surface area contributed by atoms with E-state index in [2.05, 4.69) is 10.0 Å². The van der Waals surface area contributed by atoms with E-state index in [9.17, 15) is 0 Å². The SMILES string of the molecule is CCOC1CC(N=[N+]=[N-])C1. The lowest BCUT2D eigenvalue weighted by Crippen LogP contribution is -2.33. The highest BCUT2D eigenvalue weighted by atomic mass is 16.5. The first-order valence-corrected chi connectivity index (χ1v) is 3.52. The first-order chi connectivity index (χ1) is 4.86. The second kappa shape index (κ2) is 3.44. The van der Waals surface area contributed by atoms with Gasteiger partial charge in [0.25, 0.3) is 0 Å². The van der Waals surface area contributed by atoms with Gasteiger partial charge in [-0.05, 0) is 25.3 Å². The Hall–Kier alpha value is -0.730. The number of rotatable bonds is 3. The molecule has 1 fully saturated rings. The molecule has 0 atom stereocenters. The fraction of sp³-hybridized carbons (Fsp3) is 1.00. The van der Waals surface area contributed by atoms with E-state index in [1.165, 1.54) is 0 Å². The monoisotopic (exact) mass is 141 g/mol. The third kappa shape index (κ3) is 1.62. The Morgan fingerprint density at radius 2 is 2.40 bits per heavy atom. The smallest absolute Gasteiger partial charge is 0.0583 e. The molecular formula is C6H11N3O. The maximum absolute atomic E-state index is 8.04. The van der Waals surface area contributed by atoms with E-state index < -0.39 is 0 Å². The lowest BCUT2D eigenvalue weighted by atomic mass is 9.90. The van der Waals surface area contributed by atoms with Gasteiger partial charge < -0.3 is 4.74 Å². The van der Waals surface area contributed by atoms with Crippen LogP contribution in [0, 0.1) is 0 Å². The molecule has 0 aliphatic heterocycles. The second-order valence-electron chi connectivity index (χ2n) is 2.41. The molecule has 0 heterocycles. The molecule has 0 aromatic heterocycles. The van der Waals surface area contributed by atoms with Gasteiger partial charge in [-0.1, -0.05) is 5.11 Å². The van der Waals surface area contributed by atoms with Crippen molar-refractivity contribution in [2.45, 2.75) is 31.9 Å². The van der Waals surface area contributed by atoms with Gasteiger partial charge in [0.2, 0.25) is 0 Å². The lowest BCUT2D eigenvalue weighted by molar-refractivity contribution is -0.00112. The summed E-state index contributed by atoms with van der Waals surface area (Å²) < 4.78 is 5.27. The zero-order chi connectivity index (χ0) is 7.40. The van der Waals surface area contributed by atoms with Gasteiger partial charge in [-0.2, -0.15) is 0 Å². The zero-order valence-corrected chi connectivity index (χ0v) is 6.03. The Labute approximate surface area is 59.8 Å². The molecule has 0 N–H and O–H groups in total. The van der Waals surface area contributed by atoms with Crippen molar-refractivity contribution in [3.63, 3.8) is 0 Å². The molecule has 1 aliphatic carbocycles. The van der Waals surface area contributed by atoms with Gasteiger partial charge in [0.05, 0.1) is 6.10 Å². The van der Waals surface area contributed by atoms with Crippen LogP contribution in [0.2, 0.25) is 0 Å². The molecular weight excluding hydrogens is 130 g/mol. The van der Waals surface area contributed by atoms with Crippen molar-refractivity contribution in [2.75, 3.05) is 6.61 Å². The van der Waals surface area contributed by atoms with Gasteiger partial charge in [0.15, 0.2) is 0 Å². The van der Waals surface area contributed by atoms with E-state index in [-0.39, 0.29) is 6.04 Å². The topological polar surface area (TPSA) is 58.0 Å². The van der Waals surface area contributed by atoms with E-state index in [1.807, 2.05) is 6.92 Å². The molecule has 0 unspecified atom stereocenters. The number of nitrogens with zero attached hydrogens (tertiary/aromatic N) is 3. The van der Waals surface area contributed by atoms with Gasteiger partial charge >= 0.3 is 0 Å². The molecule has 4 nitrogen and oxygen atoms in total. The van der Waals surface area contributed by atoms with Crippen molar-refractivity contribution in [1.82, 2.24) is 0 Å². The summed E-state index contributed by atoms with van der Waals surface area (Å²) in [5.74, 6) is 0. The molecule has 0 saturated heterocycles. The van der Waals surface area contributed by atoms with E-state index in [1.54, 1.807) is 0 Å². The fourth-order valence-electron chi connectivity index (χ4n) is 1.08. The normalized spacial score (nSPS) is 30.5. The van der Waals surface area contributed by atoms with Crippen LogP contribution in [0.15, 0.2) is 5.11 Å². The first-order valence-electron chi connectivity index (χ1n) is 3.52. The highest BCUT2D eigenvalue weighted by Crippen LogP contribution is 2.25. The zero-order valence-electron chi connectivity index (χ0n) is 6.03. The number of azide groups is 1. The third-order valence-corrected chi connectivity index (χ3v) is 1.69. The van der Waals surface area contributed by atoms with E-state index >= 15 is 0 Å². The van der Waals surface area contributed by atoms with Crippen molar-refractivity contribution in [2.24, 2.45) is 5.11 Å².